The second kappa shape index (κ2) is 9.11. The Balaban J connectivity index is 1.36. The number of nitrogens with zero attached hydrogens (tertiary/aromatic N) is 2. The SMILES string of the molecule is O=C(O)C1CCCc2[nH]c3ncc(F)c(C4CCN(C(=O)c5ccc(OC(F)(F)F)cc5)CC4)c3c21. The van der Waals surface area contributed by atoms with E-state index < -0.39 is 29.8 Å². The number of likely N-dealkylation sites (tertiary alicyclic amines) is 1. The summed E-state index contributed by atoms with van der Waals surface area (Å²) in [5.41, 5.74) is 2.54. The highest BCUT2D eigenvalue weighted by Crippen LogP contribution is 2.43. The van der Waals surface area contributed by atoms with Crippen LogP contribution in [0.2, 0.25) is 0 Å². The van der Waals surface area contributed by atoms with Gasteiger partial charge < -0.3 is 19.7 Å². The molecule has 5 rings (SSSR count). The lowest BCUT2D eigenvalue weighted by Gasteiger charge is -2.33. The van der Waals surface area contributed by atoms with Crippen LogP contribution in [-0.4, -0.2) is 51.3 Å². The van der Waals surface area contributed by atoms with Crippen molar-refractivity contribution in [2.45, 2.75) is 50.3 Å². The number of halogens is 4. The Kier molecular flexibility index (Phi) is 6.09. The summed E-state index contributed by atoms with van der Waals surface area (Å²) >= 11 is 0. The van der Waals surface area contributed by atoms with Crippen molar-refractivity contribution in [2.24, 2.45) is 0 Å². The highest BCUT2D eigenvalue weighted by atomic mass is 19.4. The number of aliphatic carboxylic acids is 1. The van der Waals surface area contributed by atoms with Crippen molar-refractivity contribution in [2.75, 3.05) is 13.1 Å². The smallest absolute Gasteiger partial charge is 0.481 e. The average molecular weight is 505 g/mol. The number of pyridine rings is 1. The van der Waals surface area contributed by atoms with E-state index in [1.165, 1.54) is 12.1 Å². The molecule has 11 heteroatoms. The number of aromatic nitrogens is 2. The molecule has 2 N–H and O–H groups in total. The van der Waals surface area contributed by atoms with Gasteiger partial charge in [-0.25, -0.2) is 9.37 Å². The van der Waals surface area contributed by atoms with Gasteiger partial charge in [0.25, 0.3) is 5.91 Å². The minimum absolute atomic E-state index is 0.226. The number of aromatic amines is 1. The maximum atomic E-state index is 15.2. The van der Waals surface area contributed by atoms with Crippen molar-refractivity contribution < 1.29 is 37.0 Å². The molecule has 1 fully saturated rings. The number of amides is 1. The fraction of sp³-hybridized carbons (Fsp3) is 0.400. The maximum absolute atomic E-state index is 15.2. The van der Waals surface area contributed by atoms with Crippen molar-refractivity contribution in [3.05, 3.63) is 58.7 Å². The molecule has 0 saturated carbocycles. The van der Waals surface area contributed by atoms with Crippen LogP contribution in [0.1, 0.15) is 64.7 Å². The van der Waals surface area contributed by atoms with Gasteiger partial charge in [-0.05, 0) is 67.9 Å². The number of hydrogen-bond acceptors (Lipinski definition) is 4. The van der Waals surface area contributed by atoms with Crippen LogP contribution in [0.15, 0.2) is 30.5 Å². The molecule has 2 aliphatic rings. The summed E-state index contributed by atoms with van der Waals surface area (Å²) in [6, 6.07) is 4.73. The third-order valence-electron chi connectivity index (χ3n) is 7.03. The van der Waals surface area contributed by atoms with E-state index in [4.69, 9.17) is 0 Å². The molecule has 36 heavy (non-hydrogen) atoms. The van der Waals surface area contributed by atoms with Crippen LogP contribution < -0.4 is 4.74 Å². The molecular weight excluding hydrogens is 482 g/mol. The number of ether oxygens (including phenoxy) is 1. The number of rotatable bonds is 4. The van der Waals surface area contributed by atoms with E-state index in [1.807, 2.05) is 0 Å². The monoisotopic (exact) mass is 505 g/mol. The Morgan fingerprint density at radius 2 is 1.78 bits per heavy atom. The first-order valence-electron chi connectivity index (χ1n) is 11.7. The van der Waals surface area contributed by atoms with E-state index in [0.717, 1.165) is 30.4 Å². The second-order valence-corrected chi connectivity index (χ2v) is 9.18. The largest absolute Gasteiger partial charge is 0.573 e. The number of alkyl halides is 3. The van der Waals surface area contributed by atoms with Gasteiger partial charge >= 0.3 is 12.3 Å². The number of piperidine rings is 1. The quantitative estimate of drug-likeness (QED) is 0.480. The Morgan fingerprint density at radius 1 is 1.08 bits per heavy atom. The molecule has 3 heterocycles. The number of carboxylic acid groups (broad SMARTS) is 1. The van der Waals surface area contributed by atoms with Gasteiger partial charge in [0.2, 0.25) is 0 Å². The molecule has 0 spiro atoms. The second-order valence-electron chi connectivity index (χ2n) is 9.18. The fourth-order valence-corrected chi connectivity index (χ4v) is 5.44. The number of fused-ring (bicyclic) bond motifs is 3. The topological polar surface area (TPSA) is 95.5 Å². The number of benzene rings is 1. The first-order valence-corrected chi connectivity index (χ1v) is 11.7. The van der Waals surface area contributed by atoms with Crippen molar-refractivity contribution >= 4 is 22.9 Å². The number of aryl methyl sites for hydroxylation is 1. The zero-order chi connectivity index (χ0) is 25.6. The molecule has 2 aromatic heterocycles. The van der Waals surface area contributed by atoms with Crippen LogP contribution in [0.3, 0.4) is 0 Å². The van der Waals surface area contributed by atoms with Crippen molar-refractivity contribution in [3.63, 3.8) is 0 Å². The summed E-state index contributed by atoms with van der Waals surface area (Å²) in [5, 5.41) is 10.3. The van der Waals surface area contributed by atoms with E-state index >= 15 is 4.39 Å². The third kappa shape index (κ3) is 4.49. The van der Waals surface area contributed by atoms with Gasteiger partial charge in [-0.15, -0.1) is 13.2 Å². The van der Waals surface area contributed by atoms with Crippen molar-refractivity contribution in [3.8, 4) is 5.75 Å². The standard InChI is InChI=1S/C25H23F4N3O4/c26-17-12-30-22-21(20-16(24(34)35)2-1-3-18(20)31-22)19(17)13-8-10-32(11-9-13)23(33)14-4-6-15(7-5-14)36-25(27,28)29/h4-7,12-13,16H,1-3,8-11H2,(H,30,31)(H,34,35). The zero-order valence-electron chi connectivity index (χ0n) is 19.1. The number of hydrogen-bond donors (Lipinski definition) is 2. The average Bonchev–Trinajstić information content (AvgIpc) is 3.22. The highest BCUT2D eigenvalue weighted by Gasteiger charge is 2.35. The van der Waals surface area contributed by atoms with Crippen LogP contribution in [0.4, 0.5) is 17.6 Å². The molecule has 1 unspecified atom stereocenters. The molecule has 1 aliphatic carbocycles. The number of carbonyl (C=O) groups excluding carboxylic acids is 1. The van der Waals surface area contributed by atoms with Gasteiger partial charge in [0.1, 0.15) is 17.2 Å². The number of H-pyrrole nitrogens is 1. The molecule has 1 aromatic carbocycles. The van der Waals surface area contributed by atoms with E-state index in [9.17, 15) is 27.9 Å². The summed E-state index contributed by atoms with van der Waals surface area (Å²) in [6.45, 7) is 0.644. The van der Waals surface area contributed by atoms with Gasteiger partial charge in [-0.3, -0.25) is 9.59 Å². The minimum Gasteiger partial charge on any atom is -0.481 e. The molecule has 1 aliphatic heterocycles. The van der Waals surface area contributed by atoms with E-state index in [-0.39, 0.29) is 17.4 Å². The molecule has 1 saturated heterocycles. The lowest BCUT2D eigenvalue weighted by molar-refractivity contribution is -0.274. The van der Waals surface area contributed by atoms with Crippen LogP contribution in [-0.2, 0) is 11.2 Å². The van der Waals surface area contributed by atoms with Crippen LogP contribution in [0.5, 0.6) is 5.75 Å². The summed E-state index contributed by atoms with van der Waals surface area (Å²) < 4.78 is 56.1. The number of carboxylic acids is 1. The number of carbonyl (C=O) groups is 2. The normalized spacial score (nSPS) is 18.8. The molecule has 1 atom stereocenters. The maximum Gasteiger partial charge on any atom is 0.573 e. The minimum atomic E-state index is -4.82. The summed E-state index contributed by atoms with van der Waals surface area (Å²) in [5.74, 6) is -3.15. The third-order valence-corrected chi connectivity index (χ3v) is 7.03. The molecule has 7 nitrogen and oxygen atoms in total. The Bertz CT molecular complexity index is 1310. The van der Waals surface area contributed by atoms with E-state index in [0.29, 0.717) is 60.9 Å². The van der Waals surface area contributed by atoms with E-state index in [1.54, 1.807) is 4.90 Å². The fourth-order valence-electron chi connectivity index (χ4n) is 5.44. The first-order chi connectivity index (χ1) is 17.1. The summed E-state index contributed by atoms with van der Waals surface area (Å²) in [6.07, 6.45) is -0.884. The van der Waals surface area contributed by atoms with E-state index in [2.05, 4.69) is 14.7 Å². The zero-order valence-corrected chi connectivity index (χ0v) is 19.1. The van der Waals surface area contributed by atoms with Crippen LogP contribution >= 0.6 is 0 Å². The highest BCUT2D eigenvalue weighted by molar-refractivity contribution is 5.94. The molecule has 0 bridgehead atoms. The first kappa shape index (κ1) is 24.1. The molecule has 3 aromatic rings. The predicted molar refractivity (Wildman–Crippen MR) is 120 cm³/mol. The van der Waals surface area contributed by atoms with Gasteiger partial charge in [0, 0.05) is 35.3 Å². The molecular formula is C25H23F4N3O4. The lowest BCUT2D eigenvalue weighted by atomic mass is 9.81. The predicted octanol–water partition coefficient (Wildman–Crippen LogP) is 5.12. The Morgan fingerprint density at radius 3 is 2.42 bits per heavy atom. The van der Waals surface area contributed by atoms with Gasteiger partial charge in [0.05, 0.1) is 12.1 Å². The Hall–Kier alpha value is -3.63. The number of nitrogens with one attached hydrogen (secondary N) is 1. The van der Waals surface area contributed by atoms with Crippen molar-refractivity contribution in [1.29, 1.82) is 0 Å². The van der Waals surface area contributed by atoms with Gasteiger partial charge in [-0.1, -0.05) is 0 Å². The summed E-state index contributed by atoms with van der Waals surface area (Å²) in [4.78, 5) is 33.8. The molecule has 0 radical (unpaired) electrons. The molecule has 1 amide bonds. The van der Waals surface area contributed by atoms with Gasteiger partial charge in [-0.2, -0.15) is 0 Å². The van der Waals surface area contributed by atoms with Gasteiger partial charge in [0.15, 0.2) is 0 Å². The van der Waals surface area contributed by atoms with Crippen LogP contribution in [0.25, 0.3) is 11.0 Å². The lowest BCUT2D eigenvalue weighted by Crippen LogP contribution is -2.38. The molecule has 190 valence electrons. The van der Waals surface area contributed by atoms with Crippen molar-refractivity contribution in [1.82, 2.24) is 14.9 Å². The Labute approximate surface area is 203 Å². The van der Waals surface area contributed by atoms with Crippen LogP contribution in [0, 0.1) is 5.82 Å². The summed E-state index contributed by atoms with van der Waals surface area (Å²) in [7, 11) is 0.